The van der Waals surface area contributed by atoms with E-state index >= 15 is 0 Å². The van der Waals surface area contributed by atoms with E-state index in [1.807, 2.05) is 64.2 Å². The smallest absolute Gasteiger partial charge is 0.335 e. The zero-order chi connectivity index (χ0) is 27.4. The number of aromatic nitrogens is 2. The number of amides is 1. The number of hydrogen-bond donors (Lipinski definition) is 3. The van der Waals surface area contributed by atoms with Crippen molar-refractivity contribution in [2.45, 2.75) is 18.5 Å². The van der Waals surface area contributed by atoms with Crippen molar-refractivity contribution in [3.63, 3.8) is 0 Å². The Bertz CT molecular complexity index is 1510. The minimum Gasteiger partial charge on any atom is -0.495 e. The minimum atomic E-state index is -0.997. The number of para-hydroxylation sites is 2. The number of carboxylic acid groups (broad SMARTS) is 1. The summed E-state index contributed by atoms with van der Waals surface area (Å²) in [6.45, 7) is 0.348. The molecule has 9 nitrogen and oxygen atoms in total. The molecule has 1 amide bonds. The van der Waals surface area contributed by atoms with Crippen LogP contribution in [0.1, 0.15) is 40.3 Å². The van der Waals surface area contributed by atoms with E-state index in [9.17, 15) is 14.7 Å². The second kappa shape index (κ2) is 11.4. The minimum absolute atomic E-state index is 0.174. The zero-order valence-electron chi connectivity index (χ0n) is 21.2. The maximum Gasteiger partial charge on any atom is 0.335 e. The number of anilines is 1. The van der Waals surface area contributed by atoms with Crippen LogP contribution in [0.2, 0.25) is 0 Å². The number of nitrogens with zero attached hydrogens (tertiary/aromatic N) is 3. The number of hydrogen-bond acceptors (Lipinski definition) is 5. The third-order valence-corrected chi connectivity index (χ3v) is 6.97. The molecule has 39 heavy (non-hydrogen) atoms. The van der Waals surface area contributed by atoms with Crippen molar-refractivity contribution in [2.24, 2.45) is 0 Å². The Morgan fingerprint density at radius 3 is 2.67 bits per heavy atom. The lowest BCUT2D eigenvalue weighted by Crippen LogP contribution is -2.33. The zero-order valence-corrected chi connectivity index (χ0v) is 22.0. The van der Waals surface area contributed by atoms with Crippen LogP contribution in [0.25, 0.3) is 5.69 Å². The van der Waals surface area contributed by atoms with E-state index < -0.39 is 5.97 Å². The number of rotatable bonds is 9. The standard InChI is InChI=1S/C29H27N5O4S/c1-38-24-13-3-2-10-21(24)31-25(35)14-17-34-27(26(32-29(34)39)22-11-4-5-15-30-22)23-12-7-16-33(23)20-9-6-8-19(18-20)28(36)37/h2-13,15-16,18,26-27H,14,17H2,1H3,(H,31,35)(H,32,39)(H,36,37)/t26-,27+/m1/s1. The van der Waals surface area contributed by atoms with Crippen LogP contribution in [-0.4, -0.2) is 50.2 Å². The van der Waals surface area contributed by atoms with Crippen molar-refractivity contribution in [1.29, 1.82) is 0 Å². The Balaban J connectivity index is 1.46. The van der Waals surface area contributed by atoms with Crippen molar-refractivity contribution in [1.82, 2.24) is 19.8 Å². The van der Waals surface area contributed by atoms with Gasteiger partial charge in [0.1, 0.15) is 5.75 Å². The number of benzene rings is 2. The SMILES string of the molecule is COc1ccccc1NC(=O)CCN1C(=S)N[C@H](c2ccccn2)[C@@H]1c1cccn1-c1cccc(C(=O)O)c1. The number of carboxylic acids is 1. The summed E-state index contributed by atoms with van der Waals surface area (Å²) >= 11 is 5.75. The molecular weight excluding hydrogens is 514 g/mol. The molecule has 2 aromatic carbocycles. The molecule has 2 atom stereocenters. The quantitative estimate of drug-likeness (QED) is 0.264. The molecule has 1 aliphatic rings. The average Bonchev–Trinajstić information content (AvgIpc) is 3.57. The Kier molecular flexibility index (Phi) is 7.55. The summed E-state index contributed by atoms with van der Waals surface area (Å²) in [6.07, 6.45) is 3.80. The molecule has 0 bridgehead atoms. The maximum atomic E-state index is 12.9. The van der Waals surface area contributed by atoms with Gasteiger partial charge in [-0.2, -0.15) is 0 Å². The lowest BCUT2D eigenvalue weighted by atomic mass is 10.0. The summed E-state index contributed by atoms with van der Waals surface area (Å²) in [5.74, 6) is -0.589. The topological polar surface area (TPSA) is 109 Å². The van der Waals surface area contributed by atoms with Gasteiger partial charge in [-0.1, -0.05) is 24.3 Å². The number of pyridine rings is 1. The average molecular weight is 542 g/mol. The molecule has 198 valence electrons. The third-order valence-electron chi connectivity index (χ3n) is 6.61. The summed E-state index contributed by atoms with van der Waals surface area (Å²) in [4.78, 5) is 31.1. The molecule has 3 heterocycles. The highest BCUT2D eigenvalue weighted by molar-refractivity contribution is 7.80. The van der Waals surface area contributed by atoms with Gasteiger partial charge >= 0.3 is 5.97 Å². The van der Waals surface area contributed by atoms with Crippen LogP contribution in [0.15, 0.2) is 91.3 Å². The van der Waals surface area contributed by atoms with Crippen molar-refractivity contribution in [3.05, 3.63) is 108 Å². The van der Waals surface area contributed by atoms with Gasteiger partial charge in [0.2, 0.25) is 5.91 Å². The molecule has 0 aliphatic carbocycles. The van der Waals surface area contributed by atoms with Gasteiger partial charge < -0.3 is 29.9 Å². The van der Waals surface area contributed by atoms with Crippen LogP contribution >= 0.6 is 12.2 Å². The van der Waals surface area contributed by atoms with Crippen LogP contribution in [0.3, 0.4) is 0 Å². The van der Waals surface area contributed by atoms with Crippen LogP contribution in [0.4, 0.5) is 5.69 Å². The van der Waals surface area contributed by atoms with Gasteiger partial charge in [-0.3, -0.25) is 9.78 Å². The monoisotopic (exact) mass is 541 g/mol. The van der Waals surface area contributed by atoms with Gasteiger partial charge in [0.15, 0.2) is 5.11 Å². The first-order valence-electron chi connectivity index (χ1n) is 12.4. The van der Waals surface area contributed by atoms with E-state index in [1.165, 1.54) is 0 Å². The Morgan fingerprint density at radius 2 is 1.90 bits per heavy atom. The Morgan fingerprint density at radius 1 is 1.08 bits per heavy atom. The van der Waals surface area contributed by atoms with Crippen molar-refractivity contribution < 1.29 is 19.4 Å². The number of thiocarbonyl (C=S) groups is 1. The number of carbonyl (C=O) groups excluding carboxylic acids is 1. The number of methoxy groups -OCH3 is 1. The maximum absolute atomic E-state index is 12.9. The van der Waals surface area contributed by atoms with Crippen LogP contribution in [-0.2, 0) is 4.79 Å². The molecule has 5 rings (SSSR count). The first kappa shape index (κ1) is 25.9. The molecule has 3 N–H and O–H groups in total. The fraction of sp³-hybridized carbons (Fsp3) is 0.172. The van der Waals surface area contributed by atoms with Crippen molar-refractivity contribution in [3.8, 4) is 11.4 Å². The molecule has 1 aliphatic heterocycles. The molecule has 10 heteroatoms. The molecule has 0 unspecified atom stereocenters. The largest absolute Gasteiger partial charge is 0.495 e. The molecule has 0 saturated carbocycles. The fourth-order valence-electron chi connectivity index (χ4n) is 4.81. The highest BCUT2D eigenvalue weighted by Crippen LogP contribution is 2.39. The molecule has 2 aromatic heterocycles. The number of ether oxygens (including phenoxy) is 1. The number of carbonyl (C=O) groups is 2. The fourth-order valence-corrected chi connectivity index (χ4v) is 5.14. The predicted molar refractivity (Wildman–Crippen MR) is 151 cm³/mol. The Labute approximate surface area is 231 Å². The molecule has 4 aromatic rings. The van der Waals surface area contributed by atoms with Gasteiger partial charge in [0, 0.05) is 36.7 Å². The summed E-state index contributed by atoms with van der Waals surface area (Å²) in [7, 11) is 1.56. The molecule has 1 fully saturated rings. The highest BCUT2D eigenvalue weighted by atomic mass is 32.1. The highest BCUT2D eigenvalue weighted by Gasteiger charge is 2.41. The second-order valence-electron chi connectivity index (χ2n) is 8.98. The molecular formula is C29H27N5O4S. The molecule has 1 saturated heterocycles. The normalized spacial score (nSPS) is 16.5. The van der Waals surface area contributed by atoms with Crippen LogP contribution in [0.5, 0.6) is 5.75 Å². The lowest BCUT2D eigenvalue weighted by Gasteiger charge is -2.29. The van der Waals surface area contributed by atoms with Crippen LogP contribution < -0.4 is 15.4 Å². The third kappa shape index (κ3) is 5.46. The lowest BCUT2D eigenvalue weighted by molar-refractivity contribution is -0.116. The van der Waals surface area contributed by atoms with E-state index in [0.29, 0.717) is 28.8 Å². The van der Waals surface area contributed by atoms with E-state index in [1.54, 1.807) is 43.6 Å². The molecule has 0 radical (unpaired) electrons. The van der Waals surface area contributed by atoms with Gasteiger partial charge in [-0.25, -0.2) is 4.79 Å². The summed E-state index contributed by atoms with van der Waals surface area (Å²) in [5.41, 5.74) is 3.19. The number of nitrogens with one attached hydrogen (secondary N) is 2. The summed E-state index contributed by atoms with van der Waals surface area (Å²) < 4.78 is 7.30. The van der Waals surface area contributed by atoms with Crippen molar-refractivity contribution in [2.75, 3.05) is 19.0 Å². The second-order valence-corrected chi connectivity index (χ2v) is 9.36. The van der Waals surface area contributed by atoms with E-state index in [4.69, 9.17) is 17.0 Å². The van der Waals surface area contributed by atoms with E-state index in [-0.39, 0.29) is 30.0 Å². The Hall–Kier alpha value is -4.70. The van der Waals surface area contributed by atoms with Gasteiger partial charge in [0.25, 0.3) is 0 Å². The first-order valence-corrected chi connectivity index (χ1v) is 12.8. The van der Waals surface area contributed by atoms with Gasteiger partial charge in [-0.05, 0) is 66.8 Å². The van der Waals surface area contributed by atoms with Crippen molar-refractivity contribution >= 4 is 34.9 Å². The van der Waals surface area contributed by atoms with Gasteiger partial charge in [0.05, 0.1) is 36.1 Å². The summed E-state index contributed by atoms with van der Waals surface area (Å²) in [5, 5.41) is 16.3. The molecule has 0 spiro atoms. The van der Waals surface area contributed by atoms with Gasteiger partial charge in [-0.15, -0.1) is 0 Å². The van der Waals surface area contributed by atoms with E-state index in [0.717, 1.165) is 11.4 Å². The van der Waals surface area contributed by atoms with Crippen LogP contribution in [0, 0.1) is 0 Å². The predicted octanol–water partition coefficient (Wildman–Crippen LogP) is 4.58. The number of aromatic carboxylic acids is 1. The summed E-state index contributed by atoms with van der Waals surface area (Å²) in [6, 6.07) is 23.0. The van der Waals surface area contributed by atoms with E-state index in [2.05, 4.69) is 15.6 Å². The first-order chi connectivity index (χ1) is 19.0.